The van der Waals surface area contributed by atoms with Gasteiger partial charge in [-0.3, -0.25) is 4.79 Å². The summed E-state index contributed by atoms with van der Waals surface area (Å²) < 4.78 is 0. The van der Waals surface area contributed by atoms with Gasteiger partial charge in [0, 0.05) is 6.54 Å². The van der Waals surface area contributed by atoms with E-state index in [9.17, 15) is 9.90 Å². The van der Waals surface area contributed by atoms with E-state index in [0.717, 1.165) is 0 Å². The molecule has 4 N–H and O–H groups in total. The van der Waals surface area contributed by atoms with Crippen molar-refractivity contribution in [1.82, 2.24) is 5.32 Å². The van der Waals surface area contributed by atoms with Crippen molar-refractivity contribution in [2.75, 3.05) is 6.54 Å². The fraction of sp³-hybridized carbons (Fsp3) is 0.917. The Bertz CT molecular complexity index is 205. The summed E-state index contributed by atoms with van der Waals surface area (Å²) in [6.45, 7) is 8.43. The number of nitrogens with two attached hydrogens (primary N) is 1. The molecule has 96 valence electrons. The molecule has 2 atom stereocenters. The van der Waals surface area contributed by atoms with Gasteiger partial charge in [-0.15, -0.1) is 0 Å². The van der Waals surface area contributed by atoms with Gasteiger partial charge in [-0.25, -0.2) is 0 Å². The number of aliphatic hydroxyl groups is 1. The van der Waals surface area contributed by atoms with E-state index in [0.29, 0.717) is 31.2 Å². The highest BCUT2D eigenvalue weighted by Crippen LogP contribution is 2.04. The molecule has 1 unspecified atom stereocenters. The summed E-state index contributed by atoms with van der Waals surface area (Å²) in [5.41, 5.74) is 5.71. The van der Waals surface area contributed by atoms with Crippen LogP contribution < -0.4 is 11.1 Å². The Morgan fingerprint density at radius 2 is 1.69 bits per heavy atom. The molecular weight excluding hydrogens is 204 g/mol. The van der Waals surface area contributed by atoms with Crippen LogP contribution in [0.4, 0.5) is 0 Å². The number of aliphatic hydroxyl groups excluding tert-OH is 1. The minimum atomic E-state index is -0.477. The molecule has 0 saturated carbocycles. The largest absolute Gasteiger partial charge is 0.391 e. The smallest absolute Gasteiger partial charge is 0.237 e. The van der Waals surface area contributed by atoms with Crippen LogP contribution in [0.25, 0.3) is 0 Å². The molecule has 0 spiro atoms. The summed E-state index contributed by atoms with van der Waals surface area (Å²) in [6.07, 6.45) is 0.890. The second kappa shape index (κ2) is 7.63. The quantitative estimate of drug-likeness (QED) is 0.608. The predicted octanol–water partition coefficient (Wildman–Crippen LogP) is 0.883. The van der Waals surface area contributed by atoms with Crippen molar-refractivity contribution in [1.29, 1.82) is 0 Å². The van der Waals surface area contributed by atoms with Crippen molar-refractivity contribution in [3.05, 3.63) is 0 Å². The van der Waals surface area contributed by atoms with Gasteiger partial charge in [0.1, 0.15) is 0 Å². The zero-order chi connectivity index (χ0) is 12.7. The Morgan fingerprint density at radius 3 is 2.12 bits per heavy atom. The van der Waals surface area contributed by atoms with Crippen LogP contribution in [0.2, 0.25) is 0 Å². The summed E-state index contributed by atoms with van der Waals surface area (Å²) in [6, 6.07) is -0.466. The van der Waals surface area contributed by atoms with Gasteiger partial charge in [0.05, 0.1) is 12.1 Å². The molecule has 4 heteroatoms. The van der Waals surface area contributed by atoms with Crippen molar-refractivity contribution >= 4 is 5.91 Å². The zero-order valence-electron chi connectivity index (χ0n) is 10.9. The van der Waals surface area contributed by atoms with Gasteiger partial charge < -0.3 is 16.2 Å². The third-order valence-corrected chi connectivity index (χ3v) is 2.32. The number of carbonyl (C=O) groups excluding carboxylic acids is 1. The summed E-state index contributed by atoms with van der Waals surface area (Å²) in [4.78, 5) is 11.5. The first-order valence-corrected chi connectivity index (χ1v) is 6.04. The predicted molar refractivity (Wildman–Crippen MR) is 65.9 cm³/mol. The first-order chi connectivity index (χ1) is 7.32. The molecule has 16 heavy (non-hydrogen) atoms. The van der Waals surface area contributed by atoms with Gasteiger partial charge in [0.2, 0.25) is 5.91 Å². The van der Waals surface area contributed by atoms with Crippen LogP contribution in [0.5, 0.6) is 0 Å². The van der Waals surface area contributed by atoms with Crippen LogP contribution in [-0.4, -0.2) is 29.7 Å². The fourth-order valence-corrected chi connectivity index (χ4v) is 1.59. The topological polar surface area (TPSA) is 75.3 Å². The van der Waals surface area contributed by atoms with Crippen LogP contribution in [0, 0.1) is 11.8 Å². The maximum atomic E-state index is 11.5. The lowest BCUT2D eigenvalue weighted by Crippen LogP contribution is -2.44. The van der Waals surface area contributed by atoms with Crippen molar-refractivity contribution in [3.8, 4) is 0 Å². The second-order valence-electron chi connectivity index (χ2n) is 5.26. The lowest BCUT2D eigenvalue weighted by Gasteiger charge is -2.17. The average molecular weight is 230 g/mol. The van der Waals surface area contributed by atoms with E-state index < -0.39 is 12.1 Å². The highest BCUT2D eigenvalue weighted by molar-refractivity contribution is 5.81. The third kappa shape index (κ3) is 7.65. The molecule has 0 aromatic heterocycles. The van der Waals surface area contributed by atoms with Crippen molar-refractivity contribution in [2.24, 2.45) is 17.6 Å². The molecular formula is C12H26N2O2. The molecule has 0 aromatic rings. The molecule has 4 nitrogen and oxygen atoms in total. The zero-order valence-corrected chi connectivity index (χ0v) is 10.9. The normalized spacial score (nSPS) is 15.2. The maximum absolute atomic E-state index is 11.5. The molecule has 0 saturated heterocycles. The molecule has 0 aliphatic carbocycles. The fourth-order valence-electron chi connectivity index (χ4n) is 1.59. The highest BCUT2D eigenvalue weighted by atomic mass is 16.3. The molecule has 0 rings (SSSR count). The van der Waals surface area contributed by atoms with Crippen LogP contribution in [0.3, 0.4) is 0 Å². The second-order valence-corrected chi connectivity index (χ2v) is 5.26. The molecule has 0 aromatic carbocycles. The Balaban J connectivity index is 3.79. The Morgan fingerprint density at radius 1 is 1.19 bits per heavy atom. The molecule has 0 fully saturated rings. The standard InChI is InChI=1S/C12H26N2O2/c1-8(2)5-10(15)7-14-12(16)11(13)6-9(3)4/h8-11,15H,5-7,13H2,1-4H3,(H,14,16)/t10?,11-/m1/s1. The van der Waals surface area contributed by atoms with E-state index in [1.54, 1.807) is 0 Å². The van der Waals surface area contributed by atoms with Crippen molar-refractivity contribution in [2.45, 2.75) is 52.7 Å². The average Bonchev–Trinajstić information content (AvgIpc) is 2.11. The third-order valence-electron chi connectivity index (χ3n) is 2.32. The first-order valence-electron chi connectivity index (χ1n) is 6.04. The number of hydrogen-bond donors (Lipinski definition) is 3. The van der Waals surface area contributed by atoms with E-state index in [1.807, 2.05) is 27.7 Å². The van der Waals surface area contributed by atoms with Gasteiger partial charge in [-0.2, -0.15) is 0 Å². The van der Waals surface area contributed by atoms with Crippen LogP contribution >= 0.6 is 0 Å². The number of hydrogen-bond acceptors (Lipinski definition) is 3. The van der Waals surface area contributed by atoms with E-state index in [4.69, 9.17) is 5.73 Å². The summed E-state index contributed by atoms with van der Waals surface area (Å²) in [5.74, 6) is 0.661. The molecule has 0 radical (unpaired) electrons. The van der Waals surface area contributed by atoms with Gasteiger partial charge >= 0.3 is 0 Å². The minimum Gasteiger partial charge on any atom is -0.391 e. The summed E-state index contributed by atoms with van der Waals surface area (Å²) >= 11 is 0. The molecule has 1 amide bonds. The maximum Gasteiger partial charge on any atom is 0.237 e. The monoisotopic (exact) mass is 230 g/mol. The van der Waals surface area contributed by atoms with Crippen LogP contribution in [-0.2, 0) is 4.79 Å². The van der Waals surface area contributed by atoms with Crippen LogP contribution in [0.1, 0.15) is 40.5 Å². The Labute approximate surface area is 98.6 Å². The van der Waals surface area contributed by atoms with E-state index in [2.05, 4.69) is 5.32 Å². The Kier molecular flexibility index (Phi) is 7.34. The number of nitrogens with one attached hydrogen (secondary N) is 1. The first kappa shape index (κ1) is 15.4. The lowest BCUT2D eigenvalue weighted by molar-refractivity contribution is -0.123. The van der Waals surface area contributed by atoms with Gasteiger partial charge in [0.25, 0.3) is 0 Å². The van der Waals surface area contributed by atoms with Gasteiger partial charge in [0.15, 0.2) is 0 Å². The Hall–Kier alpha value is -0.610. The van der Waals surface area contributed by atoms with Crippen molar-refractivity contribution < 1.29 is 9.90 Å². The van der Waals surface area contributed by atoms with Crippen molar-refractivity contribution in [3.63, 3.8) is 0 Å². The number of rotatable bonds is 7. The highest BCUT2D eigenvalue weighted by Gasteiger charge is 2.16. The summed E-state index contributed by atoms with van der Waals surface area (Å²) in [5, 5.41) is 12.3. The lowest BCUT2D eigenvalue weighted by atomic mass is 10.0. The minimum absolute atomic E-state index is 0.170. The molecule has 0 bridgehead atoms. The van der Waals surface area contributed by atoms with E-state index in [1.165, 1.54) is 0 Å². The van der Waals surface area contributed by atoms with Gasteiger partial charge in [-0.05, 0) is 24.7 Å². The molecule has 0 aliphatic heterocycles. The molecule has 0 heterocycles. The van der Waals surface area contributed by atoms with Crippen LogP contribution in [0.15, 0.2) is 0 Å². The summed E-state index contributed by atoms with van der Waals surface area (Å²) in [7, 11) is 0. The van der Waals surface area contributed by atoms with Gasteiger partial charge in [-0.1, -0.05) is 27.7 Å². The van der Waals surface area contributed by atoms with E-state index in [-0.39, 0.29) is 5.91 Å². The molecule has 0 aliphatic rings. The van der Waals surface area contributed by atoms with E-state index >= 15 is 0 Å². The SMILES string of the molecule is CC(C)CC(O)CNC(=O)[C@H](N)CC(C)C. The number of amides is 1. The number of carbonyl (C=O) groups is 1.